The average molecular weight is 354 g/mol. The summed E-state index contributed by atoms with van der Waals surface area (Å²) < 4.78 is 11.7. The van der Waals surface area contributed by atoms with E-state index in [9.17, 15) is 19.6 Å². The van der Waals surface area contributed by atoms with E-state index in [4.69, 9.17) is 9.26 Å². The molecular formula is C10H15N2O6PS2. The van der Waals surface area contributed by atoms with E-state index in [0.29, 0.717) is 5.56 Å². The molecule has 0 saturated carbocycles. The standard InChI is InChI=1S/C10H15N2O6PS2/c1-5-3-12(10(15)11-9(5)14)8-2-6(13)7(18-8)4-17-19(16,20)21/h3,6-8,13H,2,4H2,1H3,(H,11,14,15)(H2,16,20,21)/t6-,7+,8+/m0/s1. The highest BCUT2D eigenvalue weighted by Gasteiger charge is 2.36. The van der Waals surface area contributed by atoms with Crippen molar-refractivity contribution in [2.24, 2.45) is 0 Å². The van der Waals surface area contributed by atoms with Crippen molar-refractivity contribution in [2.45, 2.75) is 31.8 Å². The maximum atomic E-state index is 11.8. The molecule has 1 aliphatic rings. The number of aryl methyl sites for hydroxylation is 1. The Morgan fingerprint density at radius 3 is 2.95 bits per heavy atom. The molecule has 0 aromatic carbocycles. The highest BCUT2D eigenvalue weighted by molar-refractivity contribution is 8.59. The van der Waals surface area contributed by atoms with Crippen LogP contribution in [0.5, 0.6) is 0 Å². The van der Waals surface area contributed by atoms with Crippen molar-refractivity contribution in [3.05, 3.63) is 32.6 Å². The van der Waals surface area contributed by atoms with Crippen molar-refractivity contribution < 1.29 is 19.3 Å². The second-order valence-corrected chi connectivity index (χ2v) is 9.86. The van der Waals surface area contributed by atoms with Crippen molar-refractivity contribution >= 4 is 29.7 Å². The van der Waals surface area contributed by atoms with Crippen molar-refractivity contribution in [1.29, 1.82) is 0 Å². The Labute approximate surface area is 130 Å². The van der Waals surface area contributed by atoms with Gasteiger partial charge in [0.25, 0.3) is 5.56 Å². The molecule has 1 aromatic rings. The van der Waals surface area contributed by atoms with Gasteiger partial charge in [-0.2, -0.15) is 0 Å². The fraction of sp³-hybridized carbons (Fsp3) is 0.600. The van der Waals surface area contributed by atoms with E-state index >= 15 is 0 Å². The second kappa shape index (κ2) is 6.33. The molecule has 0 spiro atoms. The molecule has 11 heteroatoms. The highest BCUT2D eigenvalue weighted by Crippen LogP contribution is 2.47. The average Bonchev–Trinajstić information content (AvgIpc) is 2.72. The number of nitrogens with one attached hydrogen (secondary N) is 1. The summed E-state index contributed by atoms with van der Waals surface area (Å²) in [4.78, 5) is 34.5. The smallest absolute Gasteiger partial charge is 0.330 e. The number of aliphatic hydroxyl groups excluding tert-OH is 1. The lowest BCUT2D eigenvalue weighted by atomic mass is 10.2. The quantitative estimate of drug-likeness (QED) is 0.432. The largest absolute Gasteiger partial charge is 0.390 e. The van der Waals surface area contributed by atoms with Gasteiger partial charge in [-0.15, -0.1) is 0 Å². The summed E-state index contributed by atoms with van der Waals surface area (Å²) in [7, 11) is 0. The van der Waals surface area contributed by atoms with Crippen molar-refractivity contribution in [3.8, 4) is 0 Å². The maximum absolute atomic E-state index is 11.8. The summed E-state index contributed by atoms with van der Waals surface area (Å²) in [6.45, 7) is 1.43. The number of ether oxygens (including phenoxy) is 1. The molecule has 8 nitrogen and oxygen atoms in total. The van der Waals surface area contributed by atoms with Crippen LogP contribution in [-0.4, -0.2) is 38.4 Å². The zero-order valence-electron chi connectivity index (χ0n) is 11.0. The number of rotatable bonds is 4. The van der Waals surface area contributed by atoms with Gasteiger partial charge in [-0.25, -0.2) is 4.79 Å². The molecule has 0 aliphatic carbocycles. The molecule has 0 amide bonds. The van der Waals surface area contributed by atoms with Crippen LogP contribution >= 0.6 is 17.9 Å². The normalized spacial score (nSPS) is 28.5. The van der Waals surface area contributed by atoms with Gasteiger partial charge in [0.15, 0.2) is 0 Å². The van der Waals surface area contributed by atoms with Crippen LogP contribution < -0.4 is 11.2 Å². The fourth-order valence-electron chi connectivity index (χ4n) is 2.01. The van der Waals surface area contributed by atoms with Gasteiger partial charge in [0.1, 0.15) is 12.3 Å². The third-order valence-corrected chi connectivity index (χ3v) is 4.22. The SMILES string of the molecule is Cc1cn([C@H]2C[C@H](O)[C@@H](COP(O)(=S)S)O2)c(=O)[nH]c1=O. The molecule has 0 radical (unpaired) electrons. The molecule has 118 valence electrons. The minimum atomic E-state index is -3.14. The lowest BCUT2D eigenvalue weighted by Crippen LogP contribution is -2.33. The Morgan fingerprint density at radius 1 is 1.67 bits per heavy atom. The van der Waals surface area contributed by atoms with E-state index in [0.717, 1.165) is 0 Å². The summed E-state index contributed by atoms with van der Waals surface area (Å²) in [5, 5.41) is 9.91. The third-order valence-electron chi connectivity index (χ3n) is 3.07. The molecular weight excluding hydrogens is 339 g/mol. The lowest BCUT2D eigenvalue weighted by Gasteiger charge is -2.17. The van der Waals surface area contributed by atoms with E-state index < -0.39 is 35.4 Å². The van der Waals surface area contributed by atoms with Crippen LogP contribution in [-0.2, 0) is 21.1 Å². The Morgan fingerprint density at radius 2 is 2.33 bits per heavy atom. The summed E-state index contributed by atoms with van der Waals surface area (Å²) in [6, 6.07) is 0. The molecule has 2 rings (SSSR count). The van der Waals surface area contributed by atoms with E-state index in [1.54, 1.807) is 6.92 Å². The molecule has 1 aromatic heterocycles. The summed E-state index contributed by atoms with van der Waals surface area (Å²) in [6.07, 6.45) is -0.829. The molecule has 0 bridgehead atoms. The maximum Gasteiger partial charge on any atom is 0.330 e. The molecule has 21 heavy (non-hydrogen) atoms. The molecule has 1 saturated heterocycles. The van der Waals surface area contributed by atoms with E-state index in [-0.39, 0.29) is 13.0 Å². The van der Waals surface area contributed by atoms with Gasteiger partial charge in [-0.1, -0.05) is 12.2 Å². The van der Waals surface area contributed by atoms with Gasteiger partial charge in [0.05, 0.1) is 12.7 Å². The van der Waals surface area contributed by atoms with Gasteiger partial charge < -0.3 is 19.3 Å². The van der Waals surface area contributed by atoms with Crippen molar-refractivity contribution in [3.63, 3.8) is 0 Å². The topological polar surface area (TPSA) is 114 Å². The van der Waals surface area contributed by atoms with Gasteiger partial charge in [0, 0.05) is 18.2 Å². The van der Waals surface area contributed by atoms with Gasteiger partial charge in [-0.05, 0) is 18.7 Å². The summed E-state index contributed by atoms with van der Waals surface area (Å²) in [5.74, 6) is 0. The number of aromatic amines is 1. The molecule has 1 fully saturated rings. The first-order chi connectivity index (χ1) is 9.67. The fourth-order valence-corrected chi connectivity index (χ4v) is 2.73. The molecule has 3 N–H and O–H groups in total. The second-order valence-electron chi connectivity index (χ2n) is 4.70. The Kier molecular flexibility index (Phi) is 5.09. The van der Waals surface area contributed by atoms with Crippen LogP contribution in [0.3, 0.4) is 0 Å². The van der Waals surface area contributed by atoms with Crippen molar-refractivity contribution in [1.82, 2.24) is 9.55 Å². The van der Waals surface area contributed by atoms with E-state index in [2.05, 4.69) is 29.0 Å². The highest BCUT2D eigenvalue weighted by atomic mass is 32.9. The number of aliphatic hydroxyl groups is 1. The Bertz CT molecular complexity index is 683. The Hall–Kier alpha value is -0.480. The van der Waals surface area contributed by atoms with E-state index in [1.165, 1.54) is 10.8 Å². The lowest BCUT2D eigenvalue weighted by molar-refractivity contribution is -0.0402. The van der Waals surface area contributed by atoms with Gasteiger partial charge in [0.2, 0.25) is 5.69 Å². The Balaban J connectivity index is 2.14. The predicted octanol–water partition coefficient (Wildman–Crippen LogP) is -0.343. The molecule has 2 heterocycles. The number of nitrogens with zero attached hydrogens (tertiary/aromatic N) is 1. The van der Waals surface area contributed by atoms with Gasteiger partial charge >= 0.3 is 5.69 Å². The summed E-state index contributed by atoms with van der Waals surface area (Å²) >= 11 is 8.33. The first-order valence-electron chi connectivity index (χ1n) is 6.03. The molecule has 1 unspecified atom stereocenters. The van der Waals surface area contributed by atoms with E-state index in [1.807, 2.05) is 0 Å². The molecule has 4 atom stereocenters. The van der Waals surface area contributed by atoms with Crippen LogP contribution in [0, 0.1) is 6.92 Å². The first-order valence-corrected chi connectivity index (χ1v) is 9.85. The predicted molar refractivity (Wildman–Crippen MR) is 82.0 cm³/mol. The van der Waals surface area contributed by atoms with Crippen LogP contribution in [0.2, 0.25) is 0 Å². The number of hydrogen-bond acceptors (Lipinski definition) is 6. The van der Waals surface area contributed by atoms with Gasteiger partial charge in [-0.3, -0.25) is 14.3 Å². The zero-order chi connectivity index (χ0) is 15.8. The van der Waals surface area contributed by atoms with Crippen molar-refractivity contribution in [2.75, 3.05) is 6.61 Å². The van der Waals surface area contributed by atoms with Crippen LogP contribution in [0.4, 0.5) is 0 Å². The van der Waals surface area contributed by atoms with Crippen LogP contribution in [0.25, 0.3) is 0 Å². The number of hydrogen-bond donors (Lipinski definition) is 4. The third kappa shape index (κ3) is 4.26. The zero-order valence-corrected chi connectivity index (χ0v) is 13.6. The van der Waals surface area contributed by atoms with Crippen LogP contribution in [0.15, 0.2) is 15.8 Å². The first kappa shape index (κ1) is 16.9. The number of thiol groups is 1. The minimum Gasteiger partial charge on any atom is -0.390 e. The van der Waals surface area contributed by atoms with Crippen LogP contribution in [0.1, 0.15) is 18.2 Å². The molecule has 1 aliphatic heterocycles. The monoisotopic (exact) mass is 354 g/mol. The number of H-pyrrole nitrogens is 1. The summed E-state index contributed by atoms with van der Waals surface area (Å²) in [5.41, 5.74) is -3.87. The number of aromatic nitrogens is 2. The minimum absolute atomic E-state index is 0.133.